The number of methoxy groups -OCH3 is 1. The molecule has 1 aromatic carbocycles. The van der Waals surface area contributed by atoms with Gasteiger partial charge >= 0.3 is 0 Å². The van der Waals surface area contributed by atoms with Crippen molar-refractivity contribution in [2.75, 3.05) is 25.5 Å². The van der Waals surface area contributed by atoms with Crippen LogP contribution in [0.4, 0.5) is 5.13 Å². The number of fused-ring (bicyclic) bond motifs is 1. The van der Waals surface area contributed by atoms with Gasteiger partial charge in [-0.25, -0.2) is 4.98 Å². The molecule has 0 bridgehead atoms. The number of likely N-dealkylation sites (tertiary alicyclic amines) is 1. The molecule has 1 N–H and O–H groups in total. The normalized spacial score (nSPS) is 17.7. The Morgan fingerprint density at radius 2 is 2.36 bits per heavy atom. The molecule has 0 spiro atoms. The number of rotatable bonds is 6. The zero-order chi connectivity index (χ0) is 19.5. The van der Waals surface area contributed by atoms with Gasteiger partial charge in [0.15, 0.2) is 5.13 Å². The number of hydrogen-bond acceptors (Lipinski definition) is 6. The van der Waals surface area contributed by atoms with Gasteiger partial charge < -0.3 is 14.5 Å². The average Bonchev–Trinajstić information content (AvgIpc) is 3.28. The zero-order valence-electron chi connectivity index (χ0n) is 16.2. The van der Waals surface area contributed by atoms with Crippen LogP contribution in [0, 0.1) is 5.92 Å². The number of ether oxygens (including phenoxy) is 1. The number of piperidine rings is 1. The molecule has 2 aromatic heterocycles. The lowest BCUT2D eigenvalue weighted by Crippen LogP contribution is -2.33. The number of benzene rings is 1. The van der Waals surface area contributed by atoms with E-state index in [1.165, 1.54) is 24.2 Å². The third kappa shape index (κ3) is 4.36. The minimum absolute atomic E-state index is 0.0917. The Kier molecular flexibility index (Phi) is 5.64. The standard InChI is InChI=1S/C21H25N3O3S/c1-14-4-3-7-24(10-14)11-16-13-28-21(22-16)23-20(25)8-15-12-27-19-9-17(26-2)5-6-18(15)19/h5-6,9,12-14H,3-4,7-8,10-11H2,1-2H3,(H,22,23,25). The summed E-state index contributed by atoms with van der Waals surface area (Å²) >= 11 is 1.48. The van der Waals surface area contributed by atoms with Gasteiger partial charge in [-0.05, 0) is 37.4 Å². The van der Waals surface area contributed by atoms with Crippen LogP contribution in [-0.2, 0) is 17.8 Å². The topological polar surface area (TPSA) is 67.6 Å². The summed E-state index contributed by atoms with van der Waals surface area (Å²) in [5.74, 6) is 1.39. The highest BCUT2D eigenvalue weighted by Crippen LogP contribution is 2.26. The van der Waals surface area contributed by atoms with Gasteiger partial charge in [-0.15, -0.1) is 11.3 Å². The minimum Gasteiger partial charge on any atom is -0.497 e. The lowest BCUT2D eigenvalue weighted by molar-refractivity contribution is -0.115. The molecule has 4 rings (SSSR count). The fourth-order valence-corrected chi connectivity index (χ4v) is 4.48. The Balaban J connectivity index is 1.36. The first kappa shape index (κ1) is 19.0. The molecular weight excluding hydrogens is 374 g/mol. The van der Waals surface area contributed by atoms with E-state index in [0.717, 1.165) is 53.5 Å². The highest BCUT2D eigenvalue weighted by Gasteiger charge is 2.18. The molecule has 3 aromatic rings. The van der Waals surface area contributed by atoms with Crippen LogP contribution in [0.25, 0.3) is 11.0 Å². The van der Waals surface area contributed by atoms with Crippen molar-refractivity contribution in [2.45, 2.75) is 32.7 Å². The number of carbonyl (C=O) groups excluding carboxylic acids is 1. The number of aromatic nitrogens is 1. The molecule has 0 saturated carbocycles. The molecule has 7 heteroatoms. The van der Waals surface area contributed by atoms with Crippen molar-refractivity contribution in [3.8, 4) is 5.75 Å². The smallest absolute Gasteiger partial charge is 0.230 e. The van der Waals surface area contributed by atoms with Gasteiger partial charge in [-0.2, -0.15) is 0 Å². The monoisotopic (exact) mass is 399 g/mol. The minimum atomic E-state index is -0.0917. The van der Waals surface area contributed by atoms with Crippen LogP contribution in [0.3, 0.4) is 0 Å². The van der Waals surface area contributed by atoms with Crippen molar-refractivity contribution in [3.63, 3.8) is 0 Å². The van der Waals surface area contributed by atoms with Crippen LogP contribution in [0.1, 0.15) is 31.0 Å². The lowest BCUT2D eigenvalue weighted by atomic mass is 10.0. The predicted octanol–water partition coefficient (Wildman–Crippen LogP) is 4.31. The Morgan fingerprint density at radius 1 is 1.46 bits per heavy atom. The summed E-state index contributed by atoms with van der Waals surface area (Å²) in [5.41, 5.74) is 2.60. The van der Waals surface area contributed by atoms with E-state index in [1.807, 2.05) is 23.6 Å². The van der Waals surface area contributed by atoms with Crippen molar-refractivity contribution >= 4 is 33.3 Å². The first-order valence-electron chi connectivity index (χ1n) is 9.61. The summed E-state index contributed by atoms with van der Waals surface area (Å²) in [4.78, 5) is 19.5. The Labute approximate surface area is 168 Å². The molecule has 1 aliphatic heterocycles. The number of furan rings is 1. The predicted molar refractivity (Wildman–Crippen MR) is 111 cm³/mol. The van der Waals surface area contributed by atoms with Crippen molar-refractivity contribution in [1.29, 1.82) is 0 Å². The zero-order valence-corrected chi connectivity index (χ0v) is 17.1. The van der Waals surface area contributed by atoms with Crippen molar-refractivity contribution in [3.05, 3.63) is 41.1 Å². The van der Waals surface area contributed by atoms with E-state index in [0.29, 0.717) is 5.13 Å². The molecule has 1 amide bonds. The maximum Gasteiger partial charge on any atom is 0.230 e. The highest BCUT2D eigenvalue weighted by molar-refractivity contribution is 7.13. The summed E-state index contributed by atoms with van der Waals surface area (Å²) < 4.78 is 10.8. The first-order valence-corrected chi connectivity index (χ1v) is 10.5. The van der Waals surface area contributed by atoms with Crippen LogP contribution >= 0.6 is 11.3 Å². The number of carbonyl (C=O) groups is 1. The van der Waals surface area contributed by atoms with Crippen LogP contribution in [0.2, 0.25) is 0 Å². The molecule has 6 nitrogen and oxygen atoms in total. The van der Waals surface area contributed by atoms with Crippen molar-refractivity contribution in [2.24, 2.45) is 5.92 Å². The Bertz CT molecular complexity index is 965. The third-order valence-corrected chi connectivity index (χ3v) is 5.95. The fourth-order valence-electron chi connectivity index (χ4n) is 3.76. The molecule has 1 saturated heterocycles. The largest absolute Gasteiger partial charge is 0.497 e. The van der Waals surface area contributed by atoms with Gasteiger partial charge in [0.2, 0.25) is 5.91 Å². The summed E-state index contributed by atoms with van der Waals surface area (Å²) in [7, 11) is 1.62. The molecule has 1 aliphatic rings. The molecule has 1 atom stereocenters. The van der Waals surface area contributed by atoms with Crippen molar-refractivity contribution in [1.82, 2.24) is 9.88 Å². The highest BCUT2D eigenvalue weighted by atomic mass is 32.1. The van der Waals surface area contributed by atoms with Gasteiger partial charge in [-0.1, -0.05) is 6.92 Å². The molecule has 0 aliphatic carbocycles. The van der Waals surface area contributed by atoms with E-state index in [-0.39, 0.29) is 12.3 Å². The number of nitrogens with zero attached hydrogens (tertiary/aromatic N) is 2. The molecular formula is C21H25N3O3S. The molecule has 1 fully saturated rings. The van der Waals surface area contributed by atoms with Crippen molar-refractivity contribution < 1.29 is 13.9 Å². The van der Waals surface area contributed by atoms with E-state index in [1.54, 1.807) is 13.4 Å². The first-order chi connectivity index (χ1) is 13.6. The number of hydrogen-bond donors (Lipinski definition) is 1. The van der Waals surface area contributed by atoms with E-state index in [9.17, 15) is 4.79 Å². The van der Waals surface area contributed by atoms with Crippen LogP contribution in [-0.4, -0.2) is 36.0 Å². The van der Waals surface area contributed by atoms with Crippen LogP contribution in [0.15, 0.2) is 34.3 Å². The number of amides is 1. The van der Waals surface area contributed by atoms with E-state index in [4.69, 9.17) is 9.15 Å². The van der Waals surface area contributed by atoms with Gasteiger partial charge in [0.25, 0.3) is 0 Å². The number of thiazole rings is 1. The fraction of sp³-hybridized carbons (Fsp3) is 0.429. The van der Waals surface area contributed by atoms with E-state index < -0.39 is 0 Å². The Hall–Kier alpha value is -2.38. The second-order valence-corrected chi connectivity index (χ2v) is 8.33. The summed E-state index contributed by atoms with van der Waals surface area (Å²) in [6.45, 7) is 5.40. The second-order valence-electron chi connectivity index (χ2n) is 7.47. The number of anilines is 1. The summed E-state index contributed by atoms with van der Waals surface area (Å²) in [5, 5.41) is 6.53. The molecule has 1 unspecified atom stereocenters. The van der Waals surface area contributed by atoms with E-state index >= 15 is 0 Å². The summed E-state index contributed by atoms with van der Waals surface area (Å²) in [6, 6.07) is 5.61. The maximum atomic E-state index is 12.5. The molecule has 28 heavy (non-hydrogen) atoms. The summed E-state index contributed by atoms with van der Waals surface area (Å²) in [6.07, 6.45) is 4.44. The molecule has 3 heterocycles. The van der Waals surface area contributed by atoms with Gasteiger partial charge in [0, 0.05) is 35.5 Å². The van der Waals surface area contributed by atoms with Gasteiger partial charge in [0.05, 0.1) is 25.5 Å². The van der Waals surface area contributed by atoms with Crippen LogP contribution in [0.5, 0.6) is 5.75 Å². The molecule has 148 valence electrons. The maximum absolute atomic E-state index is 12.5. The van der Waals surface area contributed by atoms with Crippen LogP contribution < -0.4 is 10.1 Å². The lowest BCUT2D eigenvalue weighted by Gasteiger charge is -2.30. The van der Waals surface area contributed by atoms with Gasteiger partial charge in [-0.3, -0.25) is 9.69 Å². The van der Waals surface area contributed by atoms with Gasteiger partial charge in [0.1, 0.15) is 11.3 Å². The van der Waals surface area contributed by atoms with E-state index in [2.05, 4.69) is 22.1 Å². The SMILES string of the molecule is COc1ccc2c(CC(=O)Nc3nc(CN4CCCC(C)C4)cs3)coc2c1. The third-order valence-electron chi connectivity index (χ3n) is 5.14. The Morgan fingerprint density at radius 3 is 3.18 bits per heavy atom. The second kappa shape index (κ2) is 8.32. The molecule has 0 radical (unpaired) electrons. The quantitative estimate of drug-likeness (QED) is 0.669. The average molecular weight is 400 g/mol. The number of nitrogens with one attached hydrogen (secondary N) is 1.